The van der Waals surface area contributed by atoms with Crippen LogP contribution in [0.4, 0.5) is 0 Å². The van der Waals surface area contributed by atoms with E-state index in [4.69, 9.17) is 5.73 Å². The monoisotopic (exact) mass is 227 g/mol. The summed E-state index contributed by atoms with van der Waals surface area (Å²) in [6.45, 7) is 7.08. The van der Waals surface area contributed by atoms with Gasteiger partial charge in [-0.3, -0.25) is 0 Å². The molecule has 1 heterocycles. The van der Waals surface area contributed by atoms with Gasteiger partial charge in [0, 0.05) is 11.4 Å². The lowest BCUT2D eigenvalue weighted by atomic mass is 10.1. The average Bonchev–Trinajstić information content (AvgIpc) is 2.63. The molecule has 4 heteroatoms. The molecule has 0 aromatic carbocycles. The van der Waals surface area contributed by atoms with Crippen LogP contribution >= 0.6 is 11.3 Å². The molecule has 1 aromatic rings. The Morgan fingerprint density at radius 2 is 2.40 bits per heavy atom. The van der Waals surface area contributed by atoms with E-state index in [1.807, 2.05) is 5.51 Å². The highest BCUT2D eigenvalue weighted by Gasteiger charge is 2.01. The zero-order chi connectivity index (χ0) is 11.1. The molecule has 0 saturated heterocycles. The highest BCUT2D eigenvalue weighted by Crippen LogP contribution is 2.11. The summed E-state index contributed by atoms with van der Waals surface area (Å²) in [5.41, 5.74) is 8.62. The third kappa shape index (κ3) is 4.73. The SMILES string of the molecule is Cc1ncsc1CNCCCC(C)CN. The molecule has 0 aliphatic carbocycles. The van der Waals surface area contributed by atoms with E-state index < -0.39 is 0 Å². The summed E-state index contributed by atoms with van der Waals surface area (Å²) < 4.78 is 0. The van der Waals surface area contributed by atoms with Crippen LogP contribution in [0, 0.1) is 12.8 Å². The second-order valence-corrected chi connectivity index (χ2v) is 4.96. The second-order valence-electron chi connectivity index (χ2n) is 4.02. The van der Waals surface area contributed by atoms with Crippen LogP contribution in [-0.2, 0) is 6.54 Å². The molecule has 86 valence electrons. The highest BCUT2D eigenvalue weighted by molar-refractivity contribution is 7.09. The van der Waals surface area contributed by atoms with E-state index in [2.05, 4.69) is 24.1 Å². The Hall–Kier alpha value is -0.450. The molecular formula is C11H21N3S. The van der Waals surface area contributed by atoms with Gasteiger partial charge in [0.1, 0.15) is 0 Å². The molecule has 1 aromatic heterocycles. The minimum absolute atomic E-state index is 0.650. The minimum Gasteiger partial charge on any atom is -0.330 e. The number of rotatable bonds is 7. The van der Waals surface area contributed by atoms with Gasteiger partial charge in [0.15, 0.2) is 0 Å². The molecule has 0 aliphatic heterocycles. The molecule has 0 fully saturated rings. The number of nitrogens with one attached hydrogen (secondary N) is 1. The summed E-state index contributed by atoms with van der Waals surface area (Å²) >= 11 is 1.72. The van der Waals surface area contributed by atoms with Gasteiger partial charge in [0.05, 0.1) is 11.2 Å². The number of aromatic nitrogens is 1. The van der Waals surface area contributed by atoms with Gasteiger partial charge in [0.25, 0.3) is 0 Å². The summed E-state index contributed by atoms with van der Waals surface area (Å²) in [5.74, 6) is 0.650. The maximum Gasteiger partial charge on any atom is 0.0798 e. The van der Waals surface area contributed by atoms with Crippen LogP contribution in [-0.4, -0.2) is 18.1 Å². The molecule has 15 heavy (non-hydrogen) atoms. The summed E-state index contributed by atoms with van der Waals surface area (Å²) in [6.07, 6.45) is 2.42. The highest BCUT2D eigenvalue weighted by atomic mass is 32.1. The van der Waals surface area contributed by atoms with Crippen molar-refractivity contribution in [1.29, 1.82) is 0 Å². The number of aryl methyl sites for hydroxylation is 1. The Morgan fingerprint density at radius 1 is 1.60 bits per heavy atom. The first-order valence-electron chi connectivity index (χ1n) is 5.53. The van der Waals surface area contributed by atoms with Crippen LogP contribution in [0.2, 0.25) is 0 Å². The van der Waals surface area contributed by atoms with E-state index in [-0.39, 0.29) is 0 Å². The molecule has 0 saturated carbocycles. The van der Waals surface area contributed by atoms with Gasteiger partial charge in [-0.2, -0.15) is 0 Å². The normalized spacial score (nSPS) is 13.0. The Balaban J connectivity index is 2.05. The largest absolute Gasteiger partial charge is 0.330 e. The van der Waals surface area contributed by atoms with Gasteiger partial charge in [-0.15, -0.1) is 11.3 Å². The van der Waals surface area contributed by atoms with Crippen molar-refractivity contribution in [2.24, 2.45) is 11.7 Å². The predicted octanol–water partition coefficient (Wildman–Crippen LogP) is 1.92. The maximum atomic E-state index is 5.56. The standard InChI is InChI=1S/C11H21N3S/c1-9(6-12)4-3-5-13-7-11-10(2)14-8-15-11/h8-9,13H,3-7,12H2,1-2H3. The van der Waals surface area contributed by atoms with Crippen LogP contribution in [0.1, 0.15) is 30.3 Å². The Bertz CT molecular complexity index is 273. The molecule has 0 aliphatic rings. The molecule has 1 unspecified atom stereocenters. The molecule has 0 spiro atoms. The molecular weight excluding hydrogens is 206 g/mol. The first-order valence-corrected chi connectivity index (χ1v) is 6.41. The molecule has 1 atom stereocenters. The van der Waals surface area contributed by atoms with Gasteiger partial charge < -0.3 is 11.1 Å². The van der Waals surface area contributed by atoms with E-state index >= 15 is 0 Å². The van der Waals surface area contributed by atoms with Crippen molar-refractivity contribution in [1.82, 2.24) is 10.3 Å². The van der Waals surface area contributed by atoms with Crippen LogP contribution < -0.4 is 11.1 Å². The third-order valence-corrected chi connectivity index (χ3v) is 3.52. The van der Waals surface area contributed by atoms with E-state index in [9.17, 15) is 0 Å². The molecule has 3 nitrogen and oxygen atoms in total. The first-order chi connectivity index (χ1) is 7.24. The number of hydrogen-bond donors (Lipinski definition) is 2. The molecule has 0 amide bonds. The van der Waals surface area contributed by atoms with Crippen molar-refractivity contribution >= 4 is 11.3 Å². The topological polar surface area (TPSA) is 50.9 Å². The zero-order valence-electron chi connectivity index (χ0n) is 9.62. The molecule has 3 N–H and O–H groups in total. The summed E-state index contributed by atoms with van der Waals surface area (Å²) in [5, 5.41) is 3.44. The summed E-state index contributed by atoms with van der Waals surface area (Å²) in [4.78, 5) is 5.57. The lowest BCUT2D eigenvalue weighted by molar-refractivity contribution is 0.501. The van der Waals surface area contributed by atoms with Gasteiger partial charge in [-0.1, -0.05) is 6.92 Å². The van der Waals surface area contributed by atoms with Crippen molar-refractivity contribution in [2.75, 3.05) is 13.1 Å². The van der Waals surface area contributed by atoms with E-state index in [0.717, 1.165) is 25.3 Å². The van der Waals surface area contributed by atoms with Gasteiger partial charge in [-0.25, -0.2) is 4.98 Å². The van der Waals surface area contributed by atoms with E-state index in [0.29, 0.717) is 5.92 Å². The zero-order valence-corrected chi connectivity index (χ0v) is 10.4. The van der Waals surface area contributed by atoms with Crippen LogP contribution in [0.25, 0.3) is 0 Å². The fourth-order valence-electron chi connectivity index (χ4n) is 1.39. The lowest BCUT2D eigenvalue weighted by Gasteiger charge is -2.08. The van der Waals surface area contributed by atoms with Gasteiger partial charge >= 0.3 is 0 Å². The minimum atomic E-state index is 0.650. The summed E-state index contributed by atoms with van der Waals surface area (Å²) in [6, 6.07) is 0. The molecule has 0 radical (unpaired) electrons. The van der Waals surface area contributed by atoms with Crippen LogP contribution in [0.3, 0.4) is 0 Å². The lowest BCUT2D eigenvalue weighted by Crippen LogP contribution is -2.17. The van der Waals surface area contributed by atoms with Crippen molar-refractivity contribution in [3.05, 3.63) is 16.1 Å². The second kappa shape index (κ2) is 6.93. The molecule has 1 rings (SSSR count). The number of hydrogen-bond acceptors (Lipinski definition) is 4. The van der Waals surface area contributed by atoms with Crippen molar-refractivity contribution in [3.63, 3.8) is 0 Å². The van der Waals surface area contributed by atoms with Crippen LogP contribution in [0.15, 0.2) is 5.51 Å². The van der Waals surface area contributed by atoms with E-state index in [1.54, 1.807) is 11.3 Å². The fraction of sp³-hybridized carbons (Fsp3) is 0.727. The Kier molecular flexibility index (Phi) is 5.83. The Morgan fingerprint density at radius 3 is 3.00 bits per heavy atom. The predicted molar refractivity (Wildman–Crippen MR) is 66.0 cm³/mol. The van der Waals surface area contributed by atoms with Crippen molar-refractivity contribution < 1.29 is 0 Å². The smallest absolute Gasteiger partial charge is 0.0798 e. The van der Waals surface area contributed by atoms with Gasteiger partial charge in [-0.05, 0) is 38.8 Å². The number of thiazole rings is 1. The number of nitrogens with zero attached hydrogens (tertiary/aromatic N) is 1. The first kappa shape index (κ1) is 12.6. The third-order valence-electron chi connectivity index (χ3n) is 2.58. The van der Waals surface area contributed by atoms with Crippen LogP contribution in [0.5, 0.6) is 0 Å². The summed E-state index contributed by atoms with van der Waals surface area (Å²) in [7, 11) is 0. The van der Waals surface area contributed by atoms with Crippen molar-refractivity contribution in [3.8, 4) is 0 Å². The average molecular weight is 227 g/mol. The van der Waals surface area contributed by atoms with Crippen molar-refractivity contribution in [2.45, 2.75) is 33.2 Å². The quantitative estimate of drug-likeness (QED) is 0.700. The van der Waals surface area contributed by atoms with Gasteiger partial charge in [0.2, 0.25) is 0 Å². The maximum absolute atomic E-state index is 5.56. The number of nitrogens with two attached hydrogens (primary N) is 1. The molecule has 0 bridgehead atoms. The van der Waals surface area contributed by atoms with E-state index in [1.165, 1.54) is 17.7 Å². The fourth-order valence-corrected chi connectivity index (χ4v) is 2.14. The Labute approximate surface area is 96.1 Å².